The Labute approximate surface area is 117 Å². The van der Waals surface area contributed by atoms with Crippen LogP contribution < -0.4 is 4.90 Å². The summed E-state index contributed by atoms with van der Waals surface area (Å²) in [6, 6.07) is 1.78. The van der Waals surface area contributed by atoms with E-state index in [-0.39, 0.29) is 0 Å². The lowest BCUT2D eigenvalue weighted by Crippen LogP contribution is -2.31. The Bertz CT molecular complexity index is 574. The fourth-order valence-electron chi connectivity index (χ4n) is 2.34. The van der Waals surface area contributed by atoms with Gasteiger partial charge in [0.2, 0.25) is 5.95 Å². The van der Waals surface area contributed by atoms with Gasteiger partial charge in [-0.25, -0.2) is 9.97 Å². The molecule has 0 aliphatic carbocycles. The molecule has 0 spiro atoms. The summed E-state index contributed by atoms with van der Waals surface area (Å²) in [7, 11) is 1.89. The smallest absolute Gasteiger partial charge is 0.227 e. The van der Waals surface area contributed by atoms with Crippen molar-refractivity contribution < 1.29 is 0 Å². The predicted molar refractivity (Wildman–Crippen MR) is 75.3 cm³/mol. The summed E-state index contributed by atoms with van der Waals surface area (Å²) in [5.74, 6) is 0.728. The summed E-state index contributed by atoms with van der Waals surface area (Å²) >= 11 is 6.12. The highest BCUT2D eigenvalue weighted by Crippen LogP contribution is 2.24. The van der Waals surface area contributed by atoms with E-state index in [0.29, 0.717) is 5.15 Å². The third-order valence-electron chi connectivity index (χ3n) is 3.32. The second-order valence-corrected chi connectivity index (χ2v) is 5.21. The molecule has 0 N–H and O–H groups in total. The van der Waals surface area contributed by atoms with Crippen LogP contribution in [-0.2, 0) is 7.05 Å². The van der Waals surface area contributed by atoms with Gasteiger partial charge < -0.3 is 4.90 Å². The lowest BCUT2D eigenvalue weighted by Gasteiger charge is -2.26. The molecule has 1 fully saturated rings. The van der Waals surface area contributed by atoms with Crippen molar-refractivity contribution in [2.24, 2.45) is 7.05 Å². The van der Waals surface area contributed by atoms with Crippen LogP contribution in [0.5, 0.6) is 0 Å². The fraction of sp³-hybridized carbons (Fsp3) is 0.462. The zero-order valence-electron chi connectivity index (χ0n) is 10.9. The van der Waals surface area contributed by atoms with Crippen molar-refractivity contribution in [3.63, 3.8) is 0 Å². The van der Waals surface area contributed by atoms with Crippen LogP contribution in [-0.4, -0.2) is 32.8 Å². The second-order valence-electron chi connectivity index (χ2n) is 4.83. The molecule has 0 saturated carbocycles. The molecule has 0 bridgehead atoms. The van der Waals surface area contributed by atoms with Gasteiger partial charge in [-0.15, -0.1) is 0 Å². The van der Waals surface area contributed by atoms with E-state index in [1.807, 2.05) is 13.2 Å². The van der Waals surface area contributed by atoms with Crippen LogP contribution in [0.2, 0.25) is 5.15 Å². The van der Waals surface area contributed by atoms with E-state index >= 15 is 0 Å². The highest BCUT2D eigenvalue weighted by Gasteiger charge is 2.15. The van der Waals surface area contributed by atoms with Crippen LogP contribution in [0.1, 0.15) is 19.3 Å². The number of aryl methyl sites for hydroxylation is 1. The lowest BCUT2D eigenvalue weighted by molar-refractivity contribution is 0.568. The molecule has 19 heavy (non-hydrogen) atoms. The molecule has 0 atom stereocenters. The molecule has 3 heterocycles. The van der Waals surface area contributed by atoms with Gasteiger partial charge in [-0.1, -0.05) is 11.6 Å². The van der Waals surface area contributed by atoms with Crippen LogP contribution in [0.25, 0.3) is 11.3 Å². The molecule has 0 unspecified atom stereocenters. The van der Waals surface area contributed by atoms with Crippen LogP contribution >= 0.6 is 11.6 Å². The lowest BCUT2D eigenvalue weighted by atomic mass is 10.1. The first-order valence-electron chi connectivity index (χ1n) is 6.51. The molecule has 1 aliphatic rings. The minimum Gasteiger partial charge on any atom is -0.341 e. The van der Waals surface area contributed by atoms with Gasteiger partial charge >= 0.3 is 0 Å². The fourth-order valence-corrected chi connectivity index (χ4v) is 2.52. The molecule has 100 valence electrons. The van der Waals surface area contributed by atoms with Crippen molar-refractivity contribution in [3.05, 3.63) is 23.6 Å². The van der Waals surface area contributed by atoms with Gasteiger partial charge in [0, 0.05) is 38.0 Å². The van der Waals surface area contributed by atoms with Gasteiger partial charge in [0.05, 0.1) is 11.9 Å². The van der Waals surface area contributed by atoms with Crippen LogP contribution in [0.15, 0.2) is 18.5 Å². The Morgan fingerprint density at radius 1 is 1.16 bits per heavy atom. The number of aromatic nitrogens is 4. The van der Waals surface area contributed by atoms with E-state index in [1.54, 1.807) is 16.9 Å². The summed E-state index contributed by atoms with van der Waals surface area (Å²) < 4.78 is 1.76. The number of hydrogen-bond acceptors (Lipinski definition) is 4. The maximum atomic E-state index is 6.12. The van der Waals surface area contributed by atoms with Crippen LogP contribution in [0, 0.1) is 0 Å². The van der Waals surface area contributed by atoms with Gasteiger partial charge in [0.25, 0.3) is 0 Å². The van der Waals surface area contributed by atoms with Crippen molar-refractivity contribution in [2.45, 2.75) is 19.3 Å². The SMILES string of the molecule is Cn1cc(-c2cc(Cl)nc(N3CCCCC3)n2)cn1. The summed E-state index contributed by atoms with van der Waals surface area (Å²) in [6.45, 7) is 2.01. The van der Waals surface area contributed by atoms with Gasteiger partial charge in [-0.2, -0.15) is 5.10 Å². The minimum absolute atomic E-state index is 0.481. The Kier molecular flexibility index (Phi) is 3.38. The van der Waals surface area contributed by atoms with Gasteiger partial charge in [0.1, 0.15) is 5.15 Å². The Morgan fingerprint density at radius 2 is 1.95 bits per heavy atom. The number of piperidine rings is 1. The van der Waals surface area contributed by atoms with Crippen molar-refractivity contribution in [2.75, 3.05) is 18.0 Å². The van der Waals surface area contributed by atoms with Crippen LogP contribution in [0.4, 0.5) is 5.95 Å². The first kappa shape index (κ1) is 12.4. The Hall–Kier alpha value is -1.62. The van der Waals surface area contributed by atoms with E-state index in [4.69, 9.17) is 11.6 Å². The number of nitrogens with zero attached hydrogens (tertiary/aromatic N) is 5. The van der Waals surface area contributed by atoms with Crippen molar-refractivity contribution >= 4 is 17.5 Å². The highest BCUT2D eigenvalue weighted by molar-refractivity contribution is 6.29. The van der Waals surface area contributed by atoms with Gasteiger partial charge in [-0.3, -0.25) is 4.68 Å². The van der Waals surface area contributed by atoms with Gasteiger partial charge in [-0.05, 0) is 19.3 Å². The Balaban J connectivity index is 1.95. The topological polar surface area (TPSA) is 46.8 Å². The first-order chi connectivity index (χ1) is 9.22. The number of anilines is 1. The van der Waals surface area contributed by atoms with E-state index in [9.17, 15) is 0 Å². The molecule has 0 radical (unpaired) electrons. The average molecular weight is 278 g/mol. The maximum absolute atomic E-state index is 6.12. The monoisotopic (exact) mass is 277 g/mol. The molecule has 3 rings (SSSR count). The molecule has 1 saturated heterocycles. The standard InChI is InChI=1S/C13H16ClN5/c1-18-9-10(8-15-18)11-7-12(14)17-13(16-11)19-5-3-2-4-6-19/h7-9H,2-6H2,1H3. The van der Waals surface area contributed by atoms with Crippen molar-refractivity contribution in [3.8, 4) is 11.3 Å². The maximum Gasteiger partial charge on any atom is 0.227 e. The predicted octanol–water partition coefficient (Wildman–Crippen LogP) is 2.52. The Morgan fingerprint density at radius 3 is 2.63 bits per heavy atom. The number of hydrogen-bond donors (Lipinski definition) is 0. The van der Waals surface area contributed by atoms with Crippen molar-refractivity contribution in [1.29, 1.82) is 0 Å². The molecule has 1 aliphatic heterocycles. The van der Waals surface area contributed by atoms with E-state index < -0.39 is 0 Å². The number of rotatable bonds is 2. The van der Waals surface area contributed by atoms with E-state index in [2.05, 4.69) is 20.0 Å². The largest absolute Gasteiger partial charge is 0.341 e. The second kappa shape index (κ2) is 5.17. The highest BCUT2D eigenvalue weighted by atomic mass is 35.5. The zero-order valence-corrected chi connectivity index (χ0v) is 11.6. The molecule has 6 heteroatoms. The third-order valence-corrected chi connectivity index (χ3v) is 3.52. The summed E-state index contributed by atoms with van der Waals surface area (Å²) in [6.07, 6.45) is 7.39. The number of halogens is 1. The molecular formula is C13H16ClN5. The molecule has 2 aromatic rings. The third kappa shape index (κ3) is 2.71. The summed E-state index contributed by atoms with van der Waals surface area (Å²) in [4.78, 5) is 11.2. The van der Waals surface area contributed by atoms with Gasteiger partial charge in [0.15, 0.2) is 0 Å². The summed E-state index contributed by atoms with van der Waals surface area (Å²) in [5.41, 5.74) is 1.79. The van der Waals surface area contributed by atoms with Crippen LogP contribution in [0.3, 0.4) is 0 Å². The average Bonchev–Trinajstić information content (AvgIpc) is 2.86. The van der Waals surface area contributed by atoms with E-state index in [0.717, 1.165) is 30.3 Å². The molecular weight excluding hydrogens is 262 g/mol. The zero-order chi connectivity index (χ0) is 13.2. The molecule has 0 amide bonds. The molecule has 2 aromatic heterocycles. The van der Waals surface area contributed by atoms with E-state index in [1.165, 1.54) is 19.3 Å². The minimum atomic E-state index is 0.481. The van der Waals surface area contributed by atoms with Crippen molar-refractivity contribution in [1.82, 2.24) is 19.7 Å². The normalized spacial score (nSPS) is 15.8. The molecule has 0 aromatic carbocycles. The quantitative estimate of drug-likeness (QED) is 0.792. The first-order valence-corrected chi connectivity index (χ1v) is 6.89. The molecule has 5 nitrogen and oxygen atoms in total. The summed E-state index contributed by atoms with van der Waals surface area (Å²) in [5, 5.41) is 4.65.